The molecule has 2 amide bonds. The number of carbonyl (C=O) groups excluding carboxylic acids is 3. The molecule has 1 atom stereocenters. The van der Waals surface area contributed by atoms with E-state index in [2.05, 4.69) is 5.32 Å². The average molecular weight is 392 g/mol. The second-order valence-corrected chi connectivity index (χ2v) is 6.34. The first-order valence-electron chi connectivity index (χ1n) is 8.05. The van der Waals surface area contributed by atoms with Gasteiger partial charge in [0, 0.05) is 0 Å². The first kappa shape index (κ1) is 20.2. The Morgan fingerprint density at radius 1 is 1.15 bits per heavy atom. The van der Waals surface area contributed by atoms with Crippen molar-refractivity contribution < 1.29 is 28.6 Å². The van der Waals surface area contributed by atoms with Crippen molar-refractivity contribution in [1.82, 2.24) is 0 Å². The number of nitrogens with two attached hydrogens (primary N) is 1. The van der Waals surface area contributed by atoms with E-state index in [0.29, 0.717) is 16.5 Å². The van der Waals surface area contributed by atoms with Crippen LogP contribution in [0.4, 0.5) is 5.00 Å². The molecule has 1 heterocycles. The van der Waals surface area contributed by atoms with Crippen molar-refractivity contribution in [2.45, 2.75) is 19.4 Å². The molecule has 0 aliphatic heterocycles. The quantitative estimate of drug-likeness (QED) is 0.632. The SMILES string of the molecule is COc1ccc(OCCC(=O)OC(C)C(=O)Nc2sccc2C(N)=O)cc1. The fourth-order valence-corrected chi connectivity index (χ4v) is 2.84. The summed E-state index contributed by atoms with van der Waals surface area (Å²) < 4.78 is 15.6. The summed E-state index contributed by atoms with van der Waals surface area (Å²) in [5.74, 6) is -0.485. The largest absolute Gasteiger partial charge is 0.497 e. The smallest absolute Gasteiger partial charge is 0.310 e. The molecule has 0 aliphatic rings. The Morgan fingerprint density at radius 3 is 2.44 bits per heavy atom. The van der Waals surface area contributed by atoms with Crippen molar-refractivity contribution in [3.05, 3.63) is 41.3 Å². The van der Waals surface area contributed by atoms with Gasteiger partial charge < -0.3 is 25.3 Å². The minimum Gasteiger partial charge on any atom is -0.497 e. The molecule has 0 bridgehead atoms. The number of amides is 2. The number of thiophene rings is 1. The van der Waals surface area contributed by atoms with E-state index in [4.69, 9.17) is 19.9 Å². The van der Waals surface area contributed by atoms with E-state index in [9.17, 15) is 14.4 Å². The summed E-state index contributed by atoms with van der Waals surface area (Å²) in [5.41, 5.74) is 5.43. The minimum absolute atomic E-state index is 0.0187. The van der Waals surface area contributed by atoms with Gasteiger partial charge in [-0.25, -0.2) is 0 Å². The molecule has 3 N–H and O–H groups in total. The van der Waals surface area contributed by atoms with Crippen molar-refractivity contribution >= 4 is 34.1 Å². The van der Waals surface area contributed by atoms with E-state index in [1.807, 2.05) is 0 Å². The van der Waals surface area contributed by atoms with Crippen LogP contribution < -0.4 is 20.5 Å². The zero-order valence-corrected chi connectivity index (χ0v) is 15.7. The zero-order chi connectivity index (χ0) is 19.8. The van der Waals surface area contributed by atoms with Crippen molar-refractivity contribution in [1.29, 1.82) is 0 Å². The van der Waals surface area contributed by atoms with Gasteiger partial charge in [0.2, 0.25) is 0 Å². The highest BCUT2D eigenvalue weighted by molar-refractivity contribution is 7.14. The number of rotatable bonds is 9. The van der Waals surface area contributed by atoms with Crippen LogP contribution in [-0.2, 0) is 14.3 Å². The van der Waals surface area contributed by atoms with Crippen LogP contribution in [0.1, 0.15) is 23.7 Å². The number of carbonyl (C=O) groups is 3. The van der Waals surface area contributed by atoms with Gasteiger partial charge in [-0.3, -0.25) is 14.4 Å². The number of esters is 1. The fraction of sp³-hybridized carbons (Fsp3) is 0.278. The molecule has 0 fully saturated rings. The molecule has 0 radical (unpaired) electrons. The summed E-state index contributed by atoms with van der Waals surface area (Å²) in [6.07, 6.45) is -1.05. The van der Waals surface area contributed by atoms with E-state index in [1.165, 1.54) is 13.0 Å². The Kier molecular flexibility index (Phi) is 7.18. The number of benzene rings is 1. The highest BCUT2D eigenvalue weighted by Gasteiger charge is 2.20. The maximum Gasteiger partial charge on any atom is 0.310 e. The van der Waals surface area contributed by atoms with Gasteiger partial charge in [-0.1, -0.05) is 0 Å². The van der Waals surface area contributed by atoms with Crippen LogP contribution in [0.25, 0.3) is 0 Å². The number of ether oxygens (including phenoxy) is 3. The molecule has 0 aliphatic carbocycles. The van der Waals surface area contributed by atoms with Crippen molar-refractivity contribution in [2.75, 3.05) is 19.0 Å². The number of primary amides is 1. The van der Waals surface area contributed by atoms with Gasteiger partial charge in [0.15, 0.2) is 6.10 Å². The van der Waals surface area contributed by atoms with Crippen molar-refractivity contribution in [3.8, 4) is 11.5 Å². The number of nitrogens with one attached hydrogen (secondary N) is 1. The van der Waals surface area contributed by atoms with Crippen LogP contribution in [0, 0.1) is 0 Å². The highest BCUT2D eigenvalue weighted by atomic mass is 32.1. The maximum absolute atomic E-state index is 12.1. The number of methoxy groups -OCH3 is 1. The summed E-state index contributed by atoms with van der Waals surface area (Å²) in [6, 6.07) is 8.43. The Bertz CT molecular complexity index is 802. The lowest BCUT2D eigenvalue weighted by molar-refractivity contribution is -0.153. The normalized spacial score (nSPS) is 11.3. The van der Waals surface area contributed by atoms with E-state index in [-0.39, 0.29) is 18.6 Å². The lowest BCUT2D eigenvalue weighted by Gasteiger charge is -2.13. The predicted molar refractivity (Wildman–Crippen MR) is 100 cm³/mol. The lowest BCUT2D eigenvalue weighted by atomic mass is 10.3. The first-order valence-corrected chi connectivity index (χ1v) is 8.93. The maximum atomic E-state index is 12.1. The van der Waals surface area contributed by atoms with Crippen molar-refractivity contribution in [3.63, 3.8) is 0 Å². The first-order chi connectivity index (χ1) is 12.9. The van der Waals surface area contributed by atoms with Gasteiger partial charge >= 0.3 is 5.97 Å². The van der Waals surface area contributed by atoms with Gasteiger partial charge in [0.25, 0.3) is 11.8 Å². The van der Waals surface area contributed by atoms with E-state index >= 15 is 0 Å². The monoisotopic (exact) mass is 392 g/mol. The predicted octanol–water partition coefficient (Wildman–Crippen LogP) is 2.19. The van der Waals surface area contributed by atoms with Crippen LogP contribution in [0.5, 0.6) is 11.5 Å². The second kappa shape index (κ2) is 9.58. The number of hydrogen-bond acceptors (Lipinski definition) is 7. The van der Waals surface area contributed by atoms with Gasteiger partial charge in [0.05, 0.1) is 25.7 Å². The molecule has 144 valence electrons. The molecule has 8 nitrogen and oxygen atoms in total. The molecule has 0 spiro atoms. The van der Waals surface area contributed by atoms with Gasteiger partial charge in [-0.15, -0.1) is 11.3 Å². The second-order valence-electron chi connectivity index (χ2n) is 5.42. The number of hydrogen-bond donors (Lipinski definition) is 2. The third-order valence-electron chi connectivity index (χ3n) is 3.48. The lowest BCUT2D eigenvalue weighted by Crippen LogP contribution is -2.30. The zero-order valence-electron chi connectivity index (χ0n) is 14.9. The molecular weight excluding hydrogens is 372 g/mol. The molecule has 0 saturated heterocycles. The van der Waals surface area contributed by atoms with Crippen LogP contribution in [0.2, 0.25) is 0 Å². The molecule has 2 rings (SSSR count). The molecular formula is C18H20N2O6S. The number of anilines is 1. The molecule has 9 heteroatoms. The Labute approximate surface area is 160 Å². The summed E-state index contributed by atoms with van der Waals surface area (Å²) >= 11 is 1.15. The summed E-state index contributed by atoms with van der Waals surface area (Å²) in [7, 11) is 1.57. The van der Waals surface area contributed by atoms with E-state index in [0.717, 1.165) is 11.3 Å². The van der Waals surface area contributed by atoms with E-state index < -0.39 is 23.9 Å². The third kappa shape index (κ3) is 6.00. The molecule has 1 aromatic carbocycles. The Morgan fingerprint density at radius 2 is 1.81 bits per heavy atom. The molecule has 27 heavy (non-hydrogen) atoms. The molecule has 1 unspecified atom stereocenters. The summed E-state index contributed by atoms with van der Waals surface area (Å²) in [6.45, 7) is 1.55. The van der Waals surface area contributed by atoms with Crippen LogP contribution >= 0.6 is 11.3 Å². The topological polar surface area (TPSA) is 117 Å². The Hall–Kier alpha value is -3.07. The van der Waals surface area contributed by atoms with Gasteiger partial charge in [0.1, 0.15) is 16.5 Å². The van der Waals surface area contributed by atoms with Crippen LogP contribution in [-0.4, -0.2) is 37.6 Å². The average Bonchev–Trinajstić information content (AvgIpc) is 3.10. The highest BCUT2D eigenvalue weighted by Crippen LogP contribution is 2.23. The van der Waals surface area contributed by atoms with Crippen LogP contribution in [0.3, 0.4) is 0 Å². The van der Waals surface area contributed by atoms with Crippen LogP contribution in [0.15, 0.2) is 35.7 Å². The summed E-state index contributed by atoms with van der Waals surface area (Å²) in [4.78, 5) is 35.2. The standard InChI is InChI=1S/C18H20N2O6S/c1-11(17(23)20-18-14(16(19)22)8-10-27-18)26-15(21)7-9-25-13-5-3-12(24-2)4-6-13/h3-6,8,10-11H,7,9H2,1-2H3,(H2,19,22)(H,20,23). The molecule has 1 aromatic heterocycles. The van der Waals surface area contributed by atoms with Gasteiger partial charge in [-0.2, -0.15) is 0 Å². The van der Waals surface area contributed by atoms with Crippen molar-refractivity contribution in [2.24, 2.45) is 5.73 Å². The minimum atomic E-state index is -1.03. The third-order valence-corrected chi connectivity index (χ3v) is 4.31. The fourth-order valence-electron chi connectivity index (χ4n) is 2.05. The summed E-state index contributed by atoms with van der Waals surface area (Å²) in [5, 5.41) is 4.47. The van der Waals surface area contributed by atoms with E-state index in [1.54, 1.807) is 36.8 Å². The van der Waals surface area contributed by atoms with Gasteiger partial charge in [-0.05, 0) is 42.6 Å². The molecule has 2 aromatic rings. The Balaban J connectivity index is 1.76. The molecule has 0 saturated carbocycles.